The van der Waals surface area contributed by atoms with Gasteiger partial charge in [-0.15, -0.1) is 0 Å². The topological polar surface area (TPSA) is 61.0 Å². The fraction of sp³-hybridized carbons (Fsp3) is 0.364. The summed E-state index contributed by atoms with van der Waals surface area (Å²) in [5.41, 5.74) is 1.82. The molecule has 0 bridgehead atoms. The first-order chi connectivity index (χ1) is 14.0. The normalized spacial score (nSPS) is 18.7. The van der Waals surface area contributed by atoms with Crippen molar-refractivity contribution in [3.05, 3.63) is 68.8 Å². The number of piperidine rings is 1. The lowest BCUT2D eigenvalue weighted by Crippen LogP contribution is -2.24. The van der Waals surface area contributed by atoms with Gasteiger partial charge in [-0.3, -0.25) is 4.79 Å². The molecule has 2 N–H and O–H groups in total. The molecule has 0 radical (unpaired) electrons. The van der Waals surface area contributed by atoms with Crippen LogP contribution in [0.25, 0.3) is 10.8 Å². The van der Waals surface area contributed by atoms with Gasteiger partial charge >= 0.3 is 0 Å². The molecule has 0 saturated carbocycles. The molecule has 5 nitrogen and oxygen atoms in total. The van der Waals surface area contributed by atoms with E-state index in [0.717, 1.165) is 5.56 Å². The van der Waals surface area contributed by atoms with E-state index in [2.05, 4.69) is 27.5 Å². The summed E-state index contributed by atoms with van der Waals surface area (Å²) >= 11 is 6.29. The van der Waals surface area contributed by atoms with Gasteiger partial charge in [-0.25, -0.2) is 9.49 Å². The molecule has 1 fully saturated rings. The Morgan fingerprint density at radius 2 is 1.93 bits per heavy atom. The van der Waals surface area contributed by atoms with Crippen molar-refractivity contribution in [3.63, 3.8) is 0 Å². The predicted molar refractivity (Wildman–Crippen MR) is 115 cm³/mol. The van der Waals surface area contributed by atoms with Crippen LogP contribution in [0.4, 0.5) is 10.1 Å². The first-order valence-electron chi connectivity index (χ1n) is 9.93. The molecule has 2 aromatic carbocycles. The maximum absolute atomic E-state index is 13.7. The average Bonchev–Trinajstić information content (AvgIpc) is 2.72. The van der Waals surface area contributed by atoms with Gasteiger partial charge in [0.05, 0.1) is 11.1 Å². The molecule has 3 heterocycles. The number of aromatic amines is 1. The summed E-state index contributed by atoms with van der Waals surface area (Å²) in [6, 6.07) is 10.1. The molecule has 2 aliphatic rings. The van der Waals surface area contributed by atoms with E-state index >= 15 is 0 Å². The van der Waals surface area contributed by atoms with Crippen LogP contribution in [-0.4, -0.2) is 41.8 Å². The third kappa shape index (κ3) is 4.14. The fourth-order valence-corrected chi connectivity index (χ4v) is 4.32. The number of halogens is 2. The van der Waals surface area contributed by atoms with E-state index in [-0.39, 0.29) is 5.92 Å². The molecular formula is C22H24ClFN4O. The molecule has 3 aromatic rings. The largest absolute Gasteiger partial charge is 0.383 e. The molecule has 2 aliphatic heterocycles. The molecule has 0 aliphatic carbocycles. The van der Waals surface area contributed by atoms with E-state index < -0.39 is 11.4 Å². The quantitative estimate of drug-likeness (QED) is 0.620. The summed E-state index contributed by atoms with van der Waals surface area (Å²) in [6.45, 7) is 3.17. The lowest BCUT2D eigenvalue weighted by Gasteiger charge is -2.26. The van der Waals surface area contributed by atoms with Gasteiger partial charge in [0.1, 0.15) is 5.82 Å². The van der Waals surface area contributed by atoms with Crippen LogP contribution in [-0.2, 0) is 0 Å². The lowest BCUT2D eigenvalue weighted by atomic mass is 9.89. The molecule has 0 spiro atoms. The molecule has 29 heavy (non-hydrogen) atoms. The number of rotatable bonds is 1. The minimum Gasteiger partial charge on any atom is -0.383 e. The molecule has 1 atom stereocenters. The first-order valence-corrected chi connectivity index (χ1v) is 10.3. The van der Waals surface area contributed by atoms with Gasteiger partial charge in [-0.2, -0.15) is 5.10 Å². The third-order valence-corrected chi connectivity index (χ3v) is 5.91. The maximum atomic E-state index is 13.7. The molecule has 1 saturated heterocycles. The van der Waals surface area contributed by atoms with Crippen molar-refractivity contribution in [2.75, 3.05) is 32.0 Å². The molecule has 1 aromatic heterocycles. The number of anilines is 1. The monoisotopic (exact) mass is 414 g/mol. The van der Waals surface area contributed by atoms with E-state index in [1.54, 1.807) is 0 Å². The minimum absolute atomic E-state index is 0.106. The Morgan fingerprint density at radius 3 is 2.62 bits per heavy atom. The van der Waals surface area contributed by atoms with E-state index in [1.165, 1.54) is 44.5 Å². The second-order valence-electron chi connectivity index (χ2n) is 7.63. The molecule has 7 heteroatoms. The highest BCUT2D eigenvalue weighted by Gasteiger charge is 2.27. The Balaban J connectivity index is 0.000000249. The van der Waals surface area contributed by atoms with E-state index in [0.29, 0.717) is 33.7 Å². The summed E-state index contributed by atoms with van der Waals surface area (Å²) in [5.74, 6) is -0.556. The fourth-order valence-electron chi connectivity index (χ4n) is 4.06. The minimum atomic E-state index is -0.450. The van der Waals surface area contributed by atoms with E-state index in [1.807, 2.05) is 24.3 Å². The second-order valence-corrected chi connectivity index (χ2v) is 8.04. The molecule has 152 valence electrons. The number of hydrogen-bond donors (Lipinski definition) is 2. The Kier molecular flexibility index (Phi) is 5.83. The predicted octanol–water partition coefficient (Wildman–Crippen LogP) is 4.38. The summed E-state index contributed by atoms with van der Waals surface area (Å²) in [7, 11) is 2.19. The molecule has 0 amide bonds. The summed E-state index contributed by atoms with van der Waals surface area (Å²) < 4.78 is 13.7. The Labute approximate surface area is 173 Å². The maximum Gasteiger partial charge on any atom is 0.272 e. The van der Waals surface area contributed by atoms with Gasteiger partial charge in [-0.1, -0.05) is 36.2 Å². The van der Waals surface area contributed by atoms with Crippen molar-refractivity contribution >= 4 is 28.1 Å². The van der Waals surface area contributed by atoms with E-state index in [9.17, 15) is 9.18 Å². The van der Waals surface area contributed by atoms with Crippen LogP contribution >= 0.6 is 11.6 Å². The zero-order chi connectivity index (χ0) is 20.4. The smallest absolute Gasteiger partial charge is 0.272 e. The SMILES string of the molecule is CN1CCCCC1.O=c1[nH]nc2c3c(cc(F)cc13)NCC2c1ccccc1Cl. The highest BCUT2D eigenvalue weighted by molar-refractivity contribution is 6.31. The van der Waals surface area contributed by atoms with Crippen LogP contribution < -0.4 is 10.9 Å². The first kappa shape index (κ1) is 19.9. The van der Waals surface area contributed by atoms with Crippen LogP contribution in [0.1, 0.15) is 36.4 Å². The zero-order valence-electron chi connectivity index (χ0n) is 16.3. The number of likely N-dealkylation sites (tertiary alicyclic amines) is 1. The Bertz CT molecular complexity index is 1080. The Morgan fingerprint density at radius 1 is 1.17 bits per heavy atom. The van der Waals surface area contributed by atoms with Gasteiger partial charge in [0.15, 0.2) is 0 Å². The number of nitrogens with one attached hydrogen (secondary N) is 2. The van der Waals surface area contributed by atoms with Gasteiger partial charge in [0.2, 0.25) is 0 Å². The van der Waals surface area contributed by atoms with Gasteiger partial charge in [0, 0.05) is 28.6 Å². The van der Waals surface area contributed by atoms with Crippen LogP contribution in [0.15, 0.2) is 41.2 Å². The summed E-state index contributed by atoms with van der Waals surface area (Å²) in [5, 5.41) is 11.4. The number of aromatic nitrogens is 2. The van der Waals surface area contributed by atoms with Crippen LogP contribution in [0.3, 0.4) is 0 Å². The summed E-state index contributed by atoms with van der Waals surface area (Å²) in [6.07, 6.45) is 4.28. The zero-order valence-corrected chi connectivity index (χ0v) is 17.1. The van der Waals surface area contributed by atoms with Crippen molar-refractivity contribution < 1.29 is 4.39 Å². The average molecular weight is 415 g/mol. The van der Waals surface area contributed by atoms with Gasteiger partial charge < -0.3 is 10.2 Å². The number of nitrogens with zero attached hydrogens (tertiary/aromatic N) is 2. The van der Waals surface area contributed by atoms with Crippen molar-refractivity contribution in [2.24, 2.45) is 0 Å². The van der Waals surface area contributed by atoms with Gasteiger partial charge in [-0.05, 0) is 56.7 Å². The van der Waals surface area contributed by atoms with Crippen molar-refractivity contribution in [2.45, 2.75) is 25.2 Å². The second kappa shape index (κ2) is 8.51. The van der Waals surface area contributed by atoms with Crippen LogP contribution in [0.2, 0.25) is 5.02 Å². The number of H-pyrrole nitrogens is 1. The van der Waals surface area contributed by atoms with E-state index in [4.69, 9.17) is 11.6 Å². The molecular weight excluding hydrogens is 391 g/mol. The Hall–Kier alpha value is -2.44. The van der Waals surface area contributed by atoms with Crippen LogP contribution in [0, 0.1) is 5.82 Å². The molecule has 5 rings (SSSR count). The highest BCUT2D eigenvalue weighted by Crippen LogP contribution is 2.38. The van der Waals surface area contributed by atoms with Crippen molar-refractivity contribution in [3.8, 4) is 0 Å². The highest BCUT2D eigenvalue weighted by atomic mass is 35.5. The standard InChI is InChI=1S/C16H11ClFN3O.C6H13N/c17-12-4-2-1-3-9(12)11-7-19-13-6-8(18)5-10-14(13)15(11)20-21-16(10)22;1-7-5-3-2-4-6-7/h1-6,11,19H,7H2,(H,21,22);2-6H2,1H3. The van der Waals surface area contributed by atoms with Crippen LogP contribution in [0.5, 0.6) is 0 Å². The molecule has 1 unspecified atom stereocenters. The van der Waals surface area contributed by atoms with Crippen molar-refractivity contribution in [1.82, 2.24) is 15.1 Å². The summed E-state index contributed by atoms with van der Waals surface area (Å²) in [4.78, 5) is 14.3. The lowest BCUT2D eigenvalue weighted by molar-refractivity contribution is 0.277. The number of benzene rings is 2. The third-order valence-electron chi connectivity index (χ3n) is 5.57. The number of hydrogen-bond acceptors (Lipinski definition) is 4. The van der Waals surface area contributed by atoms with Crippen molar-refractivity contribution in [1.29, 1.82) is 0 Å². The van der Waals surface area contributed by atoms with Gasteiger partial charge in [0.25, 0.3) is 5.56 Å².